The fourth-order valence-corrected chi connectivity index (χ4v) is 5.86. The Balaban J connectivity index is 1.87. The number of carboxylic acids is 1. The number of carbonyl (C=O) groups is 2. The van der Waals surface area contributed by atoms with E-state index >= 15 is 0 Å². The predicted octanol–water partition coefficient (Wildman–Crippen LogP) is 9.73. The second-order valence-corrected chi connectivity index (χ2v) is 11.6. The second kappa shape index (κ2) is 13.3. The van der Waals surface area contributed by atoms with Crippen molar-refractivity contribution in [3.63, 3.8) is 0 Å². The summed E-state index contributed by atoms with van der Waals surface area (Å²) in [5.41, 5.74) is 4.23. The number of ether oxygens (including phenoxy) is 2. The number of carbonyl (C=O) groups excluding carboxylic acids is 1. The molecule has 0 aromatic heterocycles. The van der Waals surface area contributed by atoms with Crippen LogP contribution >= 0.6 is 31.9 Å². The summed E-state index contributed by atoms with van der Waals surface area (Å²) in [6.45, 7) is 7.96. The Hall–Kier alpha value is -3.68. The highest BCUT2D eigenvalue weighted by molar-refractivity contribution is 9.11. The van der Waals surface area contributed by atoms with E-state index in [2.05, 4.69) is 45.7 Å². The normalized spacial score (nSPS) is 11.4. The highest BCUT2D eigenvalue weighted by Crippen LogP contribution is 2.43. The average molecular weight is 678 g/mol. The Morgan fingerprint density at radius 3 is 2.12 bits per heavy atom. The first kappa shape index (κ1) is 30.3. The van der Waals surface area contributed by atoms with Crippen molar-refractivity contribution >= 4 is 49.4 Å². The third kappa shape index (κ3) is 7.34. The summed E-state index contributed by atoms with van der Waals surface area (Å²) in [6.07, 6.45) is 1.77. The number of benzene rings is 4. The molecular weight excluding hydrogens is 648 g/mol. The summed E-state index contributed by atoms with van der Waals surface area (Å²) in [5, 5.41) is 9.22. The highest BCUT2D eigenvalue weighted by Gasteiger charge is 2.24. The smallest absolute Gasteiger partial charge is 0.307 e. The molecule has 41 heavy (non-hydrogen) atoms. The Morgan fingerprint density at radius 2 is 1.54 bits per heavy atom. The molecule has 0 amide bonds. The Bertz CT molecular complexity index is 1600. The van der Waals surface area contributed by atoms with Gasteiger partial charge in [0.15, 0.2) is 11.5 Å². The van der Waals surface area contributed by atoms with Crippen molar-refractivity contribution in [3.05, 3.63) is 127 Å². The van der Waals surface area contributed by atoms with Gasteiger partial charge in [-0.3, -0.25) is 9.59 Å². The Morgan fingerprint density at radius 1 is 0.878 bits per heavy atom. The maximum absolute atomic E-state index is 14.0. The first-order valence-electron chi connectivity index (χ1n) is 13.1. The molecule has 7 heteroatoms. The van der Waals surface area contributed by atoms with Crippen molar-refractivity contribution in [3.8, 4) is 17.2 Å². The van der Waals surface area contributed by atoms with Crippen LogP contribution in [0.25, 0.3) is 5.76 Å². The topological polar surface area (TPSA) is 72.8 Å². The minimum atomic E-state index is -0.934. The van der Waals surface area contributed by atoms with Crippen LogP contribution in [0.3, 0.4) is 0 Å². The van der Waals surface area contributed by atoms with Gasteiger partial charge in [0.2, 0.25) is 0 Å². The van der Waals surface area contributed by atoms with Gasteiger partial charge in [0, 0.05) is 16.7 Å². The molecule has 1 N–H and O–H groups in total. The van der Waals surface area contributed by atoms with E-state index in [1.807, 2.05) is 74.5 Å². The molecule has 0 bridgehead atoms. The molecule has 0 aliphatic heterocycles. The van der Waals surface area contributed by atoms with Crippen LogP contribution in [0.2, 0.25) is 0 Å². The minimum Gasteiger partial charge on any atom is -0.481 e. The van der Waals surface area contributed by atoms with Gasteiger partial charge >= 0.3 is 5.97 Å². The second-order valence-electron chi connectivity index (χ2n) is 9.92. The molecule has 0 saturated carbocycles. The van der Waals surface area contributed by atoms with E-state index in [-0.39, 0.29) is 18.1 Å². The average Bonchev–Trinajstić information content (AvgIpc) is 2.93. The molecule has 0 unspecified atom stereocenters. The monoisotopic (exact) mass is 676 g/mol. The molecular formula is C34H30Br2O5. The fraction of sp³-hybridized carbons (Fsp3) is 0.176. The van der Waals surface area contributed by atoms with Crippen molar-refractivity contribution < 1.29 is 24.2 Å². The quantitative estimate of drug-likeness (QED) is 0.134. The van der Waals surface area contributed by atoms with Crippen LogP contribution in [0, 0.1) is 6.92 Å². The lowest BCUT2D eigenvalue weighted by Crippen LogP contribution is -2.08. The molecule has 0 heterocycles. The van der Waals surface area contributed by atoms with Crippen LogP contribution in [0.15, 0.2) is 93.9 Å². The molecule has 4 aromatic rings. The standard InChI is InChI=1S/C34H30Br2O5/c1-5-29(23-11-7-6-8-12-23)40-30-19-26(33(39)24-13-9-10-21(4)14-24)31(18-25(30)20(2)3)41-34-27(35)15-22(16-28(34)36)17-32(37)38/h5-16,18-20H,17H2,1-4H3,(H,37,38). The van der Waals surface area contributed by atoms with Crippen LogP contribution in [0.5, 0.6) is 17.2 Å². The number of rotatable bonds is 10. The van der Waals surface area contributed by atoms with Gasteiger partial charge in [-0.05, 0) is 93.6 Å². The lowest BCUT2D eigenvalue weighted by molar-refractivity contribution is -0.136. The Labute approximate surface area is 257 Å². The largest absolute Gasteiger partial charge is 0.481 e. The van der Waals surface area contributed by atoms with Crippen LogP contribution < -0.4 is 9.47 Å². The third-order valence-electron chi connectivity index (χ3n) is 6.42. The van der Waals surface area contributed by atoms with Crippen LogP contribution in [-0.4, -0.2) is 16.9 Å². The first-order chi connectivity index (χ1) is 19.6. The molecule has 5 nitrogen and oxygen atoms in total. The van der Waals surface area contributed by atoms with Crippen LogP contribution in [0.1, 0.15) is 64.9 Å². The molecule has 0 atom stereocenters. The predicted molar refractivity (Wildman–Crippen MR) is 169 cm³/mol. The molecule has 0 aliphatic rings. The zero-order valence-corrected chi connectivity index (χ0v) is 26.4. The van der Waals surface area contributed by atoms with E-state index in [1.165, 1.54) is 0 Å². The van der Waals surface area contributed by atoms with E-state index in [9.17, 15) is 14.7 Å². The minimum absolute atomic E-state index is 0.0502. The zero-order chi connectivity index (χ0) is 29.7. The molecule has 4 rings (SSSR count). The SMILES string of the molecule is CC=C(Oc1cc(C(=O)c2cccc(C)c2)c(Oc2c(Br)cc(CC(=O)O)cc2Br)cc1C(C)C)c1ccccc1. The van der Waals surface area contributed by atoms with E-state index < -0.39 is 5.97 Å². The van der Waals surface area contributed by atoms with E-state index in [4.69, 9.17) is 9.47 Å². The number of allylic oxidation sites excluding steroid dienone is 1. The number of ketones is 1. The maximum atomic E-state index is 14.0. The van der Waals surface area contributed by atoms with Crippen LogP contribution in [0.4, 0.5) is 0 Å². The van der Waals surface area contributed by atoms with Gasteiger partial charge < -0.3 is 14.6 Å². The number of hydrogen-bond acceptors (Lipinski definition) is 4. The fourth-order valence-electron chi connectivity index (χ4n) is 4.42. The van der Waals surface area contributed by atoms with Crippen LogP contribution in [-0.2, 0) is 11.2 Å². The van der Waals surface area contributed by atoms with E-state index in [0.29, 0.717) is 48.6 Å². The van der Waals surface area contributed by atoms with Gasteiger partial charge in [-0.1, -0.05) is 67.9 Å². The summed E-state index contributed by atoms with van der Waals surface area (Å²) in [6, 6.07) is 24.2. The van der Waals surface area contributed by atoms with E-state index in [0.717, 1.165) is 16.7 Å². The van der Waals surface area contributed by atoms with E-state index in [1.54, 1.807) is 24.3 Å². The zero-order valence-electron chi connectivity index (χ0n) is 23.2. The molecule has 0 saturated heterocycles. The van der Waals surface area contributed by atoms with Gasteiger partial charge in [-0.2, -0.15) is 0 Å². The van der Waals surface area contributed by atoms with Gasteiger partial charge in [0.05, 0.1) is 20.9 Å². The van der Waals surface area contributed by atoms with Gasteiger partial charge in [-0.25, -0.2) is 0 Å². The van der Waals surface area contributed by atoms with Gasteiger partial charge in [-0.15, -0.1) is 0 Å². The summed E-state index contributed by atoms with van der Waals surface area (Å²) in [4.78, 5) is 25.2. The summed E-state index contributed by atoms with van der Waals surface area (Å²) >= 11 is 7.05. The highest BCUT2D eigenvalue weighted by atomic mass is 79.9. The summed E-state index contributed by atoms with van der Waals surface area (Å²) in [7, 11) is 0. The number of hydrogen-bond donors (Lipinski definition) is 1. The first-order valence-corrected chi connectivity index (χ1v) is 14.7. The molecule has 0 aliphatic carbocycles. The van der Waals surface area contributed by atoms with Gasteiger partial charge in [0.25, 0.3) is 0 Å². The number of aryl methyl sites for hydroxylation is 1. The molecule has 0 spiro atoms. The van der Waals surface area contributed by atoms with Crippen molar-refractivity contribution in [1.29, 1.82) is 0 Å². The molecule has 0 fully saturated rings. The number of aliphatic carboxylic acids is 1. The summed E-state index contributed by atoms with van der Waals surface area (Å²) in [5.74, 6) is 0.942. The van der Waals surface area contributed by atoms with Crippen molar-refractivity contribution in [2.75, 3.05) is 0 Å². The third-order valence-corrected chi connectivity index (χ3v) is 7.60. The molecule has 4 aromatic carbocycles. The van der Waals surface area contributed by atoms with Crippen molar-refractivity contribution in [2.45, 2.75) is 40.0 Å². The Kier molecular flexibility index (Phi) is 9.84. The van der Waals surface area contributed by atoms with Crippen molar-refractivity contribution in [2.24, 2.45) is 0 Å². The maximum Gasteiger partial charge on any atom is 0.307 e. The number of carboxylic acid groups (broad SMARTS) is 1. The lowest BCUT2D eigenvalue weighted by atomic mass is 9.95. The molecule has 210 valence electrons. The van der Waals surface area contributed by atoms with Gasteiger partial charge in [0.1, 0.15) is 17.3 Å². The molecule has 0 radical (unpaired) electrons. The number of halogens is 2. The van der Waals surface area contributed by atoms with Crippen molar-refractivity contribution in [1.82, 2.24) is 0 Å². The lowest BCUT2D eigenvalue weighted by Gasteiger charge is -2.21. The summed E-state index contributed by atoms with van der Waals surface area (Å²) < 4.78 is 14.0.